The van der Waals surface area contributed by atoms with Crippen molar-refractivity contribution in [1.82, 2.24) is 0 Å². The van der Waals surface area contributed by atoms with Crippen LogP contribution in [0.4, 0.5) is 11.4 Å². The van der Waals surface area contributed by atoms with Gasteiger partial charge in [-0.3, -0.25) is 4.79 Å². The number of aryl methyl sites for hydroxylation is 1. The van der Waals surface area contributed by atoms with Crippen molar-refractivity contribution in [3.8, 4) is 0 Å². The molecule has 3 nitrogen and oxygen atoms in total. The number of amides is 1. The van der Waals surface area contributed by atoms with Crippen molar-refractivity contribution < 1.29 is 4.79 Å². The standard InChI is InChI=1S/C16H15BrN2O/c17-13-3-1-2-11(8-13)10-19-15-6-5-14(18)9-12(15)4-7-16(19)20/h1-3,5-6,8-9H,4,7,10,18H2. The molecule has 2 aromatic rings. The quantitative estimate of drug-likeness (QED) is 0.856. The molecule has 0 fully saturated rings. The number of nitrogen functional groups attached to an aromatic ring is 1. The van der Waals surface area contributed by atoms with E-state index in [4.69, 9.17) is 5.73 Å². The van der Waals surface area contributed by atoms with Gasteiger partial charge < -0.3 is 10.6 Å². The van der Waals surface area contributed by atoms with Gasteiger partial charge in [-0.25, -0.2) is 0 Å². The van der Waals surface area contributed by atoms with E-state index in [1.807, 2.05) is 47.4 Å². The van der Waals surface area contributed by atoms with Crippen molar-refractivity contribution in [2.24, 2.45) is 0 Å². The third-order valence-corrected chi connectivity index (χ3v) is 4.03. The van der Waals surface area contributed by atoms with Crippen LogP contribution in [-0.2, 0) is 17.8 Å². The first kappa shape index (κ1) is 13.2. The Morgan fingerprint density at radius 3 is 2.80 bits per heavy atom. The SMILES string of the molecule is Nc1ccc2c(c1)CCC(=O)N2Cc1cccc(Br)c1. The second-order valence-corrected chi connectivity index (χ2v) is 5.91. The minimum atomic E-state index is 0.169. The highest BCUT2D eigenvalue weighted by Gasteiger charge is 2.24. The summed E-state index contributed by atoms with van der Waals surface area (Å²) in [6, 6.07) is 13.8. The maximum absolute atomic E-state index is 12.2. The zero-order chi connectivity index (χ0) is 14.1. The number of rotatable bonds is 2. The van der Waals surface area contributed by atoms with E-state index in [1.165, 1.54) is 0 Å². The van der Waals surface area contributed by atoms with Crippen molar-refractivity contribution in [1.29, 1.82) is 0 Å². The molecule has 1 aliphatic rings. The molecule has 0 radical (unpaired) electrons. The van der Waals surface area contributed by atoms with Crippen molar-refractivity contribution in [3.63, 3.8) is 0 Å². The van der Waals surface area contributed by atoms with Gasteiger partial charge in [0.15, 0.2) is 0 Å². The van der Waals surface area contributed by atoms with Crippen LogP contribution in [0.5, 0.6) is 0 Å². The molecule has 0 bridgehead atoms. The molecule has 2 N–H and O–H groups in total. The number of benzene rings is 2. The molecule has 0 aromatic heterocycles. The van der Waals surface area contributed by atoms with E-state index in [2.05, 4.69) is 15.9 Å². The summed E-state index contributed by atoms with van der Waals surface area (Å²) in [5.74, 6) is 0.169. The molecule has 1 heterocycles. The molecular weight excluding hydrogens is 316 g/mol. The maximum atomic E-state index is 12.2. The zero-order valence-electron chi connectivity index (χ0n) is 11.0. The van der Waals surface area contributed by atoms with Gasteiger partial charge in [0, 0.05) is 22.3 Å². The summed E-state index contributed by atoms with van der Waals surface area (Å²) in [4.78, 5) is 14.1. The van der Waals surface area contributed by atoms with Gasteiger partial charge in [-0.15, -0.1) is 0 Å². The number of nitrogens with zero attached hydrogens (tertiary/aromatic N) is 1. The van der Waals surface area contributed by atoms with Crippen LogP contribution in [0.25, 0.3) is 0 Å². The third-order valence-electron chi connectivity index (χ3n) is 3.53. The minimum absolute atomic E-state index is 0.169. The smallest absolute Gasteiger partial charge is 0.227 e. The van der Waals surface area contributed by atoms with Gasteiger partial charge in [0.1, 0.15) is 0 Å². The molecule has 3 rings (SSSR count). The average molecular weight is 331 g/mol. The summed E-state index contributed by atoms with van der Waals surface area (Å²) in [5, 5.41) is 0. The Morgan fingerprint density at radius 2 is 2.00 bits per heavy atom. The summed E-state index contributed by atoms with van der Waals surface area (Å²) >= 11 is 3.46. The molecule has 4 heteroatoms. The fourth-order valence-electron chi connectivity index (χ4n) is 2.57. The lowest BCUT2D eigenvalue weighted by atomic mass is 10.00. The van der Waals surface area contributed by atoms with Crippen LogP contribution in [0.2, 0.25) is 0 Å². The molecule has 20 heavy (non-hydrogen) atoms. The predicted molar refractivity (Wildman–Crippen MR) is 84.5 cm³/mol. The molecule has 2 aromatic carbocycles. The maximum Gasteiger partial charge on any atom is 0.227 e. The first-order chi connectivity index (χ1) is 9.63. The first-order valence-corrected chi connectivity index (χ1v) is 7.36. The highest BCUT2D eigenvalue weighted by molar-refractivity contribution is 9.10. The van der Waals surface area contributed by atoms with Crippen LogP contribution >= 0.6 is 15.9 Å². The Bertz CT molecular complexity index is 669. The number of halogens is 1. The van der Waals surface area contributed by atoms with Crippen LogP contribution in [0.15, 0.2) is 46.9 Å². The molecule has 1 amide bonds. The number of nitrogens with two attached hydrogens (primary N) is 1. The number of anilines is 2. The number of carbonyl (C=O) groups excluding carboxylic acids is 1. The van der Waals surface area contributed by atoms with Gasteiger partial charge in [-0.2, -0.15) is 0 Å². The monoisotopic (exact) mass is 330 g/mol. The molecule has 0 saturated carbocycles. The van der Waals surface area contributed by atoms with Gasteiger partial charge in [0.05, 0.1) is 6.54 Å². The van der Waals surface area contributed by atoms with E-state index in [0.717, 1.165) is 33.4 Å². The zero-order valence-corrected chi connectivity index (χ0v) is 12.6. The van der Waals surface area contributed by atoms with Gasteiger partial charge in [-0.05, 0) is 47.9 Å². The largest absolute Gasteiger partial charge is 0.399 e. The Hall–Kier alpha value is -1.81. The molecule has 0 saturated heterocycles. The van der Waals surface area contributed by atoms with Crippen LogP contribution in [-0.4, -0.2) is 5.91 Å². The first-order valence-electron chi connectivity index (χ1n) is 6.57. The topological polar surface area (TPSA) is 46.3 Å². The fraction of sp³-hybridized carbons (Fsp3) is 0.188. The molecule has 0 aliphatic carbocycles. The van der Waals surface area contributed by atoms with E-state index < -0.39 is 0 Å². The lowest BCUT2D eigenvalue weighted by Gasteiger charge is -2.29. The fourth-order valence-corrected chi connectivity index (χ4v) is 3.02. The summed E-state index contributed by atoms with van der Waals surface area (Å²) in [6.45, 7) is 0.592. The number of carbonyl (C=O) groups is 1. The third kappa shape index (κ3) is 2.56. The van der Waals surface area contributed by atoms with E-state index in [1.54, 1.807) is 0 Å². The summed E-state index contributed by atoms with van der Waals surface area (Å²) in [6.07, 6.45) is 1.32. The van der Waals surface area contributed by atoms with Gasteiger partial charge >= 0.3 is 0 Å². The highest BCUT2D eigenvalue weighted by atomic mass is 79.9. The van der Waals surface area contributed by atoms with Gasteiger partial charge in [-0.1, -0.05) is 28.1 Å². The lowest BCUT2D eigenvalue weighted by molar-refractivity contribution is -0.119. The van der Waals surface area contributed by atoms with E-state index in [-0.39, 0.29) is 5.91 Å². The van der Waals surface area contributed by atoms with Crippen molar-refractivity contribution >= 4 is 33.2 Å². The van der Waals surface area contributed by atoms with Gasteiger partial charge in [0.25, 0.3) is 0 Å². The van der Waals surface area contributed by atoms with Crippen molar-refractivity contribution in [2.45, 2.75) is 19.4 Å². The van der Waals surface area contributed by atoms with E-state index in [0.29, 0.717) is 13.0 Å². The number of hydrogen-bond acceptors (Lipinski definition) is 2. The average Bonchev–Trinajstić information content (AvgIpc) is 2.42. The Balaban J connectivity index is 1.95. The predicted octanol–water partition coefficient (Wildman–Crippen LogP) is 3.51. The van der Waals surface area contributed by atoms with Crippen LogP contribution in [0.3, 0.4) is 0 Å². The second-order valence-electron chi connectivity index (χ2n) is 5.00. The van der Waals surface area contributed by atoms with E-state index >= 15 is 0 Å². The summed E-state index contributed by atoms with van der Waals surface area (Å²) < 4.78 is 1.02. The van der Waals surface area contributed by atoms with Crippen LogP contribution < -0.4 is 10.6 Å². The Labute approximate surface area is 126 Å². The molecule has 0 spiro atoms. The molecule has 0 unspecified atom stereocenters. The molecule has 102 valence electrons. The number of hydrogen-bond donors (Lipinski definition) is 1. The lowest BCUT2D eigenvalue weighted by Crippen LogP contribution is -2.34. The minimum Gasteiger partial charge on any atom is -0.399 e. The van der Waals surface area contributed by atoms with Crippen LogP contribution in [0, 0.1) is 0 Å². The van der Waals surface area contributed by atoms with Crippen molar-refractivity contribution in [2.75, 3.05) is 10.6 Å². The van der Waals surface area contributed by atoms with Crippen LogP contribution in [0.1, 0.15) is 17.5 Å². The molecule has 0 atom stereocenters. The normalized spacial score (nSPS) is 14.2. The molecular formula is C16H15BrN2O. The highest BCUT2D eigenvalue weighted by Crippen LogP contribution is 2.31. The number of fused-ring (bicyclic) bond motifs is 1. The summed E-state index contributed by atoms with van der Waals surface area (Å²) in [5.41, 5.74) is 9.82. The summed E-state index contributed by atoms with van der Waals surface area (Å²) in [7, 11) is 0. The van der Waals surface area contributed by atoms with E-state index in [9.17, 15) is 4.79 Å². The Morgan fingerprint density at radius 1 is 1.15 bits per heavy atom. The Kier molecular flexibility index (Phi) is 3.49. The second kappa shape index (κ2) is 5.29. The van der Waals surface area contributed by atoms with Gasteiger partial charge in [0.2, 0.25) is 5.91 Å². The van der Waals surface area contributed by atoms with Crippen molar-refractivity contribution in [3.05, 3.63) is 58.1 Å². The molecule has 1 aliphatic heterocycles.